The van der Waals surface area contributed by atoms with Crippen molar-refractivity contribution in [1.29, 1.82) is 0 Å². The van der Waals surface area contributed by atoms with E-state index in [2.05, 4.69) is 14.9 Å². The van der Waals surface area contributed by atoms with Gasteiger partial charge in [0, 0.05) is 26.2 Å². The van der Waals surface area contributed by atoms with Gasteiger partial charge in [0.2, 0.25) is 0 Å². The monoisotopic (exact) mass is 250 g/mol. The van der Waals surface area contributed by atoms with Crippen LogP contribution in [0.3, 0.4) is 0 Å². The van der Waals surface area contributed by atoms with Crippen LogP contribution in [-0.4, -0.2) is 70.0 Å². The predicted molar refractivity (Wildman–Crippen MR) is 62.4 cm³/mol. The Morgan fingerprint density at radius 3 is 2.39 bits per heavy atom. The molecule has 1 amide bonds. The number of likely N-dealkylation sites (N-methyl/N-ethyl adjacent to an activating group) is 1. The van der Waals surface area contributed by atoms with Gasteiger partial charge >= 0.3 is 5.97 Å². The van der Waals surface area contributed by atoms with Crippen molar-refractivity contribution >= 4 is 11.9 Å². The van der Waals surface area contributed by atoms with Gasteiger partial charge in [0.1, 0.15) is 5.69 Å². The number of amides is 1. The number of aromatic nitrogens is 2. The van der Waals surface area contributed by atoms with Crippen LogP contribution in [0.5, 0.6) is 0 Å². The first kappa shape index (κ1) is 12.4. The summed E-state index contributed by atoms with van der Waals surface area (Å²) in [4.78, 5) is 34.2. The van der Waals surface area contributed by atoms with Gasteiger partial charge in [-0.05, 0) is 7.05 Å². The van der Waals surface area contributed by atoms with E-state index in [-0.39, 0.29) is 17.3 Å². The maximum Gasteiger partial charge on any atom is 0.356 e. The molecule has 0 radical (unpaired) electrons. The fourth-order valence-electron chi connectivity index (χ4n) is 1.74. The molecule has 0 aromatic carbocycles. The molecule has 2 rings (SSSR count). The molecule has 0 atom stereocenters. The van der Waals surface area contributed by atoms with Crippen molar-refractivity contribution in [2.24, 2.45) is 0 Å². The lowest BCUT2D eigenvalue weighted by Gasteiger charge is -2.32. The smallest absolute Gasteiger partial charge is 0.356 e. The topological polar surface area (TPSA) is 86.6 Å². The summed E-state index contributed by atoms with van der Waals surface area (Å²) >= 11 is 0. The standard InChI is InChI=1S/C11H14N4O3/c1-14-2-4-15(5-3-14)10(16)8-6-12-7-9(13-8)11(17)18/h6-7H,2-5H2,1H3,(H,17,18). The Labute approximate surface area is 104 Å². The van der Waals surface area contributed by atoms with Crippen LogP contribution < -0.4 is 0 Å². The minimum atomic E-state index is -1.18. The van der Waals surface area contributed by atoms with E-state index in [1.807, 2.05) is 7.05 Å². The summed E-state index contributed by atoms with van der Waals surface area (Å²) in [7, 11) is 1.99. The Morgan fingerprint density at radius 2 is 1.78 bits per heavy atom. The van der Waals surface area contributed by atoms with Gasteiger partial charge in [-0.3, -0.25) is 9.78 Å². The number of hydrogen-bond donors (Lipinski definition) is 1. The van der Waals surface area contributed by atoms with Crippen molar-refractivity contribution in [3.63, 3.8) is 0 Å². The highest BCUT2D eigenvalue weighted by atomic mass is 16.4. The third kappa shape index (κ3) is 2.62. The maximum absolute atomic E-state index is 12.1. The Balaban J connectivity index is 2.13. The van der Waals surface area contributed by atoms with Crippen molar-refractivity contribution < 1.29 is 14.7 Å². The van der Waals surface area contributed by atoms with Gasteiger partial charge in [-0.15, -0.1) is 0 Å². The molecule has 1 aromatic rings. The molecular weight excluding hydrogens is 236 g/mol. The van der Waals surface area contributed by atoms with Crippen LogP contribution in [0.4, 0.5) is 0 Å². The molecule has 1 saturated heterocycles. The van der Waals surface area contributed by atoms with Crippen LogP contribution >= 0.6 is 0 Å². The molecule has 0 unspecified atom stereocenters. The largest absolute Gasteiger partial charge is 0.476 e. The van der Waals surface area contributed by atoms with Crippen molar-refractivity contribution in [2.45, 2.75) is 0 Å². The average molecular weight is 250 g/mol. The summed E-state index contributed by atoms with van der Waals surface area (Å²) in [6, 6.07) is 0. The van der Waals surface area contributed by atoms with Gasteiger partial charge in [0.05, 0.1) is 12.4 Å². The number of carboxylic acid groups (broad SMARTS) is 1. The molecule has 0 spiro atoms. The fraction of sp³-hybridized carbons (Fsp3) is 0.455. The molecule has 0 saturated carbocycles. The minimum Gasteiger partial charge on any atom is -0.476 e. The molecule has 96 valence electrons. The molecule has 18 heavy (non-hydrogen) atoms. The first-order valence-corrected chi connectivity index (χ1v) is 5.61. The van der Waals surface area contributed by atoms with Gasteiger partial charge in [0.15, 0.2) is 5.69 Å². The summed E-state index contributed by atoms with van der Waals surface area (Å²) in [5.74, 6) is -1.45. The third-order valence-corrected chi connectivity index (χ3v) is 2.86. The van der Waals surface area contributed by atoms with E-state index >= 15 is 0 Å². The Bertz CT molecular complexity index is 469. The lowest BCUT2D eigenvalue weighted by Crippen LogP contribution is -2.47. The second-order valence-electron chi connectivity index (χ2n) is 4.19. The first-order chi connectivity index (χ1) is 8.58. The van der Waals surface area contributed by atoms with Crippen LogP contribution in [0.15, 0.2) is 12.4 Å². The van der Waals surface area contributed by atoms with Crippen LogP contribution in [0, 0.1) is 0 Å². The lowest BCUT2D eigenvalue weighted by atomic mass is 10.3. The van der Waals surface area contributed by atoms with Crippen LogP contribution in [0.1, 0.15) is 21.0 Å². The van der Waals surface area contributed by atoms with E-state index in [9.17, 15) is 9.59 Å². The summed E-state index contributed by atoms with van der Waals surface area (Å²) in [5, 5.41) is 8.80. The Morgan fingerprint density at radius 1 is 1.17 bits per heavy atom. The molecule has 2 heterocycles. The van der Waals surface area contributed by atoms with Crippen molar-refractivity contribution in [1.82, 2.24) is 19.8 Å². The molecule has 0 bridgehead atoms. The molecule has 7 heteroatoms. The number of nitrogens with zero attached hydrogens (tertiary/aromatic N) is 4. The quantitative estimate of drug-likeness (QED) is 0.766. The molecule has 7 nitrogen and oxygen atoms in total. The summed E-state index contributed by atoms with van der Waals surface area (Å²) in [5.41, 5.74) is -0.130. The van der Waals surface area contributed by atoms with Crippen LogP contribution in [0.2, 0.25) is 0 Å². The molecular formula is C11H14N4O3. The number of piperazine rings is 1. The van der Waals surface area contributed by atoms with E-state index in [1.165, 1.54) is 6.20 Å². The normalized spacial score (nSPS) is 16.6. The second kappa shape index (κ2) is 5.09. The molecule has 0 aliphatic carbocycles. The highest BCUT2D eigenvalue weighted by Crippen LogP contribution is 2.06. The molecule has 1 aliphatic rings. The third-order valence-electron chi connectivity index (χ3n) is 2.86. The maximum atomic E-state index is 12.1. The lowest BCUT2D eigenvalue weighted by molar-refractivity contribution is 0.0656. The van der Waals surface area contributed by atoms with Crippen molar-refractivity contribution in [3.8, 4) is 0 Å². The first-order valence-electron chi connectivity index (χ1n) is 5.61. The molecule has 1 N–H and O–H groups in total. The average Bonchev–Trinajstić information content (AvgIpc) is 2.39. The van der Waals surface area contributed by atoms with Crippen LogP contribution in [0.25, 0.3) is 0 Å². The number of hydrogen-bond acceptors (Lipinski definition) is 5. The van der Waals surface area contributed by atoms with Gasteiger partial charge < -0.3 is 14.9 Å². The van der Waals surface area contributed by atoms with Crippen LogP contribution in [-0.2, 0) is 0 Å². The van der Waals surface area contributed by atoms with Gasteiger partial charge in [-0.25, -0.2) is 9.78 Å². The highest BCUT2D eigenvalue weighted by molar-refractivity contribution is 5.93. The number of rotatable bonds is 2. The SMILES string of the molecule is CN1CCN(C(=O)c2cncc(C(=O)O)n2)CC1. The van der Waals surface area contributed by atoms with E-state index < -0.39 is 5.97 Å². The van der Waals surface area contributed by atoms with E-state index in [0.717, 1.165) is 19.3 Å². The molecule has 1 fully saturated rings. The molecule has 1 aromatic heterocycles. The van der Waals surface area contributed by atoms with Gasteiger partial charge in [-0.1, -0.05) is 0 Å². The Kier molecular flexibility index (Phi) is 3.52. The fourth-order valence-corrected chi connectivity index (χ4v) is 1.74. The van der Waals surface area contributed by atoms with Gasteiger partial charge in [0.25, 0.3) is 5.91 Å². The van der Waals surface area contributed by atoms with E-state index in [1.54, 1.807) is 4.90 Å². The van der Waals surface area contributed by atoms with E-state index in [4.69, 9.17) is 5.11 Å². The van der Waals surface area contributed by atoms with E-state index in [0.29, 0.717) is 13.1 Å². The number of carbonyl (C=O) groups excluding carboxylic acids is 1. The number of aromatic carboxylic acids is 1. The predicted octanol–water partition coefficient (Wildman–Crippen LogP) is -0.438. The zero-order valence-corrected chi connectivity index (χ0v) is 10.0. The highest BCUT2D eigenvalue weighted by Gasteiger charge is 2.22. The zero-order chi connectivity index (χ0) is 13.1. The zero-order valence-electron chi connectivity index (χ0n) is 10.0. The number of carboxylic acids is 1. The summed E-state index contributed by atoms with van der Waals surface area (Å²) < 4.78 is 0. The summed E-state index contributed by atoms with van der Waals surface area (Å²) in [6.45, 7) is 2.85. The minimum absolute atomic E-state index is 0.0828. The number of carbonyl (C=O) groups is 2. The summed E-state index contributed by atoms with van der Waals surface area (Å²) in [6.07, 6.45) is 2.43. The van der Waals surface area contributed by atoms with Crippen molar-refractivity contribution in [2.75, 3.05) is 33.2 Å². The van der Waals surface area contributed by atoms with Crippen molar-refractivity contribution in [3.05, 3.63) is 23.8 Å². The second-order valence-corrected chi connectivity index (χ2v) is 4.19. The molecule has 1 aliphatic heterocycles. The van der Waals surface area contributed by atoms with Gasteiger partial charge in [-0.2, -0.15) is 0 Å². The Hall–Kier alpha value is -2.02.